The van der Waals surface area contributed by atoms with E-state index in [4.69, 9.17) is 4.74 Å². The first-order valence-corrected chi connectivity index (χ1v) is 11.6. The molecule has 3 aliphatic rings. The Morgan fingerprint density at radius 1 is 0.966 bits per heavy atom. The van der Waals surface area contributed by atoms with Crippen LogP contribution in [-0.4, -0.2) is 68.2 Å². The second kappa shape index (κ2) is 10.6. The van der Waals surface area contributed by atoms with Gasteiger partial charge in [-0.1, -0.05) is 43.2 Å². The normalized spacial score (nSPS) is 23.9. The van der Waals surface area contributed by atoms with Gasteiger partial charge in [0.25, 0.3) is 0 Å². The molecule has 1 aromatic rings. The highest BCUT2D eigenvalue weighted by Crippen LogP contribution is 2.35. The van der Waals surface area contributed by atoms with E-state index in [2.05, 4.69) is 45.4 Å². The average molecular weight is 400 g/mol. The van der Waals surface area contributed by atoms with E-state index < -0.39 is 0 Å². The van der Waals surface area contributed by atoms with Gasteiger partial charge in [0.05, 0.1) is 25.8 Å². The molecule has 160 valence electrons. The van der Waals surface area contributed by atoms with E-state index >= 15 is 0 Å². The molecule has 1 aromatic carbocycles. The van der Waals surface area contributed by atoms with Gasteiger partial charge in [0.1, 0.15) is 0 Å². The summed E-state index contributed by atoms with van der Waals surface area (Å²) >= 11 is 0. The molecule has 1 amide bonds. The Balaban J connectivity index is 1.24. The highest BCUT2D eigenvalue weighted by atomic mass is 16.5. The van der Waals surface area contributed by atoms with E-state index in [0.29, 0.717) is 12.5 Å². The Morgan fingerprint density at radius 3 is 2.34 bits per heavy atom. The Kier molecular flexibility index (Phi) is 7.58. The lowest BCUT2D eigenvalue weighted by Gasteiger charge is -2.36. The van der Waals surface area contributed by atoms with Gasteiger partial charge in [0.15, 0.2) is 0 Å². The third kappa shape index (κ3) is 6.03. The van der Waals surface area contributed by atoms with E-state index in [1.807, 2.05) is 0 Å². The number of piperidine rings is 1. The fourth-order valence-electron chi connectivity index (χ4n) is 5.32. The van der Waals surface area contributed by atoms with Crippen LogP contribution in [0.5, 0.6) is 0 Å². The van der Waals surface area contributed by atoms with Gasteiger partial charge in [-0.25, -0.2) is 0 Å². The molecule has 4 rings (SSSR count). The van der Waals surface area contributed by atoms with Crippen LogP contribution in [0.2, 0.25) is 0 Å². The summed E-state index contributed by atoms with van der Waals surface area (Å²) in [5, 5.41) is 3.40. The summed E-state index contributed by atoms with van der Waals surface area (Å²) in [4.78, 5) is 17.8. The van der Waals surface area contributed by atoms with Crippen molar-refractivity contribution in [2.45, 2.75) is 44.6 Å². The Labute approximate surface area is 175 Å². The highest BCUT2D eigenvalue weighted by molar-refractivity contribution is 5.78. The van der Waals surface area contributed by atoms with Gasteiger partial charge in [0, 0.05) is 19.6 Å². The summed E-state index contributed by atoms with van der Waals surface area (Å²) in [5.74, 6) is 1.54. The van der Waals surface area contributed by atoms with Crippen molar-refractivity contribution < 1.29 is 9.53 Å². The molecule has 1 N–H and O–H groups in total. The van der Waals surface area contributed by atoms with Crippen molar-refractivity contribution in [3.8, 4) is 0 Å². The number of benzene rings is 1. The quantitative estimate of drug-likeness (QED) is 0.765. The number of amides is 1. The zero-order valence-electron chi connectivity index (χ0n) is 17.7. The maximum atomic E-state index is 12.9. The molecule has 0 radical (unpaired) electrons. The molecule has 5 nitrogen and oxygen atoms in total. The summed E-state index contributed by atoms with van der Waals surface area (Å²) in [7, 11) is 0. The van der Waals surface area contributed by atoms with Crippen LogP contribution in [0, 0.1) is 11.8 Å². The van der Waals surface area contributed by atoms with Crippen molar-refractivity contribution in [1.82, 2.24) is 15.1 Å². The maximum Gasteiger partial charge on any atom is 0.234 e. The number of hydrogen-bond acceptors (Lipinski definition) is 4. The number of nitrogens with one attached hydrogen (secondary N) is 1. The van der Waals surface area contributed by atoms with Crippen molar-refractivity contribution in [1.29, 1.82) is 0 Å². The number of rotatable bonds is 7. The molecular weight excluding hydrogens is 362 g/mol. The number of ether oxygens (including phenoxy) is 1. The molecule has 0 bridgehead atoms. The first kappa shape index (κ1) is 20.8. The molecule has 2 saturated heterocycles. The number of carbonyl (C=O) groups excluding carboxylic acids is 1. The Morgan fingerprint density at radius 2 is 1.66 bits per heavy atom. The highest BCUT2D eigenvalue weighted by Gasteiger charge is 2.29. The van der Waals surface area contributed by atoms with E-state index in [1.54, 1.807) is 0 Å². The van der Waals surface area contributed by atoms with Crippen molar-refractivity contribution in [2.75, 3.05) is 52.5 Å². The van der Waals surface area contributed by atoms with Crippen LogP contribution in [0.15, 0.2) is 30.3 Å². The Hall–Kier alpha value is -1.43. The zero-order chi connectivity index (χ0) is 19.9. The van der Waals surface area contributed by atoms with Gasteiger partial charge in [-0.2, -0.15) is 0 Å². The molecule has 2 heterocycles. The van der Waals surface area contributed by atoms with Crippen molar-refractivity contribution in [3.05, 3.63) is 35.9 Å². The molecule has 5 heteroatoms. The van der Waals surface area contributed by atoms with Crippen molar-refractivity contribution >= 4 is 5.91 Å². The summed E-state index contributed by atoms with van der Waals surface area (Å²) in [6.07, 6.45) is 7.45. The Bertz CT molecular complexity index is 618. The van der Waals surface area contributed by atoms with E-state index in [1.165, 1.54) is 50.6 Å². The van der Waals surface area contributed by atoms with Crippen LogP contribution < -0.4 is 5.32 Å². The molecule has 0 aromatic heterocycles. The fourth-order valence-corrected chi connectivity index (χ4v) is 5.32. The van der Waals surface area contributed by atoms with Crippen LogP contribution in [0.4, 0.5) is 0 Å². The molecule has 1 aliphatic carbocycles. The second-order valence-electron chi connectivity index (χ2n) is 9.13. The number of morpholine rings is 1. The minimum absolute atomic E-state index is 0.171. The predicted octanol–water partition coefficient (Wildman–Crippen LogP) is 3.08. The van der Waals surface area contributed by atoms with Gasteiger partial charge < -0.3 is 10.1 Å². The van der Waals surface area contributed by atoms with Crippen LogP contribution >= 0.6 is 0 Å². The standard InChI is InChI=1S/C24H37N3O2/c28-23(25-24(22-8-4-5-9-22)21-6-2-1-3-7-21)19-26-12-10-20(11-13-26)18-27-14-16-29-17-15-27/h1-3,6-7,20,22,24H,4-5,8-19H2,(H,25,28). The number of hydrogen-bond donors (Lipinski definition) is 1. The summed E-state index contributed by atoms with van der Waals surface area (Å²) in [6.45, 7) is 7.73. The minimum Gasteiger partial charge on any atom is -0.379 e. The molecule has 3 fully saturated rings. The summed E-state index contributed by atoms with van der Waals surface area (Å²) in [5.41, 5.74) is 1.26. The van der Waals surface area contributed by atoms with Gasteiger partial charge >= 0.3 is 0 Å². The molecule has 0 spiro atoms. The maximum absolute atomic E-state index is 12.9. The predicted molar refractivity (Wildman–Crippen MR) is 116 cm³/mol. The van der Waals surface area contributed by atoms with E-state index in [-0.39, 0.29) is 11.9 Å². The van der Waals surface area contributed by atoms with Crippen LogP contribution in [0.25, 0.3) is 0 Å². The number of carbonyl (C=O) groups is 1. The first-order valence-electron chi connectivity index (χ1n) is 11.6. The lowest BCUT2D eigenvalue weighted by molar-refractivity contribution is -0.123. The van der Waals surface area contributed by atoms with Crippen molar-refractivity contribution in [3.63, 3.8) is 0 Å². The minimum atomic E-state index is 0.171. The molecule has 1 unspecified atom stereocenters. The first-order chi connectivity index (χ1) is 14.3. The zero-order valence-corrected chi connectivity index (χ0v) is 17.7. The largest absolute Gasteiger partial charge is 0.379 e. The molecule has 1 atom stereocenters. The van der Waals surface area contributed by atoms with Crippen LogP contribution in [0.1, 0.15) is 50.1 Å². The second-order valence-corrected chi connectivity index (χ2v) is 9.13. The third-order valence-corrected chi connectivity index (χ3v) is 7.04. The van der Waals surface area contributed by atoms with Crippen molar-refractivity contribution in [2.24, 2.45) is 11.8 Å². The monoisotopic (exact) mass is 399 g/mol. The van der Waals surface area contributed by atoms with E-state index in [9.17, 15) is 4.79 Å². The SMILES string of the molecule is O=C(CN1CCC(CN2CCOCC2)CC1)NC(c1ccccc1)C1CCCC1. The third-order valence-electron chi connectivity index (χ3n) is 7.04. The van der Waals surface area contributed by atoms with Gasteiger partial charge in [-0.05, 0) is 56.2 Å². The van der Waals surface area contributed by atoms with E-state index in [0.717, 1.165) is 45.3 Å². The van der Waals surface area contributed by atoms with Crippen LogP contribution in [-0.2, 0) is 9.53 Å². The average Bonchev–Trinajstić information content (AvgIpc) is 3.29. The van der Waals surface area contributed by atoms with Gasteiger partial charge in [-0.3, -0.25) is 14.6 Å². The lowest BCUT2D eigenvalue weighted by Crippen LogP contribution is -2.46. The lowest BCUT2D eigenvalue weighted by atomic mass is 9.91. The molecule has 1 saturated carbocycles. The molecule has 29 heavy (non-hydrogen) atoms. The fraction of sp³-hybridized carbons (Fsp3) is 0.708. The number of likely N-dealkylation sites (tertiary alicyclic amines) is 1. The van der Waals surface area contributed by atoms with Crippen LogP contribution in [0.3, 0.4) is 0 Å². The summed E-state index contributed by atoms with van der Waals surface area (Å²) in [6, 6.07) is 10.7. The number of nitrogens with zero attached hydrogens (tertiary/aromatic N) is 2. The summed E-state index contributed by atoms with van der Waals surface area (Å²) < 4.78 is 5.46. The molecular formula is C24H37N3O2. The molecule has 2 aliphatic heterocycles. The van der Waals surface area contributed by atoms with Gasteiger partial charge in [-0.15, -0.1) is 0 Å². The topological polar surface area (TPSA) is 44.8 Å². The smallest absolute Gasteiger partial charge is 0.234 e. The van der Waals surface area contributed by atoms with Gasteiger partial charge in [0.2, 0.25) is 5.91 Å².